The average Bonchev–Trinajstić information content (AvgIpc) is 2.80. The Morgan fingerprint density at radius 2 is 2.35 bits per heavy atom. The molecule has 0 spiro atoms. The molecule has 0 fully saturated rings. The second-order valence-electron chi connectivity index (χ2n) is 3.52. The lowest BCUT2D eigenvalue weighted by Gasteiger charge is -2.10. The number of aliphatic carboxylic acids is 1. The molecule has 0 aliphatic carbocycles. The van der Waals surface area contributed by atoms with Crippen LogP contribution in [0.2, 0.25) is 0 Å². The van der Waals surface area contributed by atoms with Crippen LogP contribution in [0, 0.1) is 0 Å². The molecule has 0 radical (unpaired) electrons. The van der Waals surface area contributed by atoms with E-state index in [4.69, 9.17) is 9.84 Å². The zero-order valence-corrected chi connectivity index (χ0v) is 10.3. The first-order valence-corrected chi connectivity index (χ1v) is 6.15. The monoisotopic (exact) mass is 257 g/mol. The maximum Gasteiger partial charge on any atom is 0.329 e. The maximum absolute atomic E-state index is 11.7. The lowest BCUT2D eigenvalue weighted by atomic mass is 10.0. The summed E-state index contributed by atoms with van der Waals surface area (Å²) in [4.78, 5) is 21.8. The summed E-state index contributed by atoms with van der Waals surface area (Å²) >= 11 is 1.55. The summed E-state index contributed by atoms with van der Waals surface area (Å²) in [6, 6.07) is 1.91. The number of rotatable bonds is 7. The van der Waals surface area contributed by atoms with Gasteiger partial charge in [0, 0.05) is 6.54 Å². The van der Waals surface area contributed by atoms with E-state index in [1.165, 1.54) is 0 Å². The molecular formula is C11H15NO4S. The highest BCUT2D eigenvalue weighted by Crippen LogP contribution is 2.17. The molecule has 0 aliphatic heterocycles. The minimum atomic E-state index is -1.01. The van der Waals surface area contributed by atoms with Crippen molar-refractivity contribution in [1.29, 1.82) is 0 Å². The topological polar surface area (TPSA) is 75.6 Å². The Labute approximate surface area is 103 Å². The Balaban J connectivity index is 2.19. The van der Waals surface area contributed by atoms with Gasteiger partial charge in [-0.1, -0.05) is 0 Å². The summed E-state index contributed by atoms with van der Waals surface area (Å²) in [5.74, 6) is -1.29. The molecule has 1 rings (SSSR count). The highest BCUT2D eigenvalue weighted by molar-refractivity contribution is 7.08. The fourth-order valence-electron chi connectivity index (χ4n) is 1.23. The Kier molecular flexibility index (Phi) is 5.65. The van der Waals surface area contributed by atoms with Crippen LogP contribution in [0.15, 0.2) is 16.8 Å². The Hall–Kier alpha value is -1.40. The lowest BCUT2D eigenvalue weighted by Crippen LogP contribution is -2.31. The van der Waals surface area contributed by atoms with E-state index < -0.39 is 5.97 Å². The first-order valence-electron chi connectivity index (χ1n) is 5.20. The van der Waals surface area contributed by atoms with E-state index in [9.17, 15) is 9.59 Å². The number of hydrogen-bond donors (Lipinski definition) is 2. The summed E-state index contributed by atoms with van der Waals surface area (Å²) in [6.45, 7) is 2.01. The highest BCUT2D eigenvalue weighted by Gasteiger charge is 2.14. The van der Waals surface area contributed by atoms with Gasteiger partial charge in [-0.15, -0.1) is 0 Å². The summed E-state index contributed by atoms with van der Waals surface area (Å²) < 4.78 is 4.80. The molecule has 0 saturated heterocycles. The molecular weight excluding hydrogens is 242 g/mol. The smallest absolute Gasteiger partial charge is 0.329 e. The van der Waals surface area contributed by atoms with Gasteiger partial charge in [0.15, 0.2) is 0 Å². The van der Waals surface area contributed by atoms with Crippen LogP contribution in [0.3, 0.4) is 0 Å². The van der Waals surface area contributed by atoms with Crippen molar-refractivity contribution < 1.29 is 19.4 Å². The number of carbonyl (C=O) groups excluding carboxylic acids is 1. The fraction of sp³-hybridized carbons (Fsp3) is 0.455. The minimum Gasteiger partial charge on any atom is -0.480 e. The number of nitrogens with one attached hydrogen (secondary N) is 1. The van der Waals surface area contributed by atoms with Gasteiger partial charge in [-0.2, -0.15) is 11.3 Å². The number of carbonyl (C=O) groups is 2. The third-order valence-corrected chi connectivity index (χ3v) is 2.91. The number of hydrogen-bond acceptors (Lipinski definition) is 4. The molecule has 17 heavy (non-hydrogen) atoms. The SMILES string of the molecule is CC(C(=O)NCCOCC(=O)O)c1ccsc1. The fourth-order valence-corrected chi connectivity index (χ4v) is 1.99. The van der Waals surface area contributed by atoms with E-state index >= 15 is 0 Å². The number of carboxylic acids is 1. The predicted octanol–water partition coefficient (Wildman–Crippen LogP) is 1.07. The van der Waals surface area contributed by atoms with E-state index in [0.29, 0.717) is 6.54 Å². The lowest BCUT2D eigenvalue weighted by molar-refractivity contribution is -0.142. The number of carboxylic acid groups (broad SMARTS) is 1. The van der Waals surface area contributed by atoms with Crippen molar-refractivity contribution in [2.45, 2.75) is 12.8 Å². The molecule has 6 heteroatoms. The largest absolute Gasteiger partial charge is 0.480 e. The summed E-state index contributed by atoms with van der Waals surface area (Å²) in [6.07, 6.45) is 0. The molecule has 94 valence electrons. The van der Waals surface area contributed by atoms with Crippen molar-refractivity contribution in [2.24, 2.45) is 0 Å². The van der Waals surface area contributed by atoms with Crippen molar-refractivity contribution in [3.8, 4) is 0 Å². The van der Waals surface area contributed by atoms with Crippen LogP contribution in [0.1, 0.15) is 18.4 Å². The van der Waals surface area contributed by atoms with E-state index in [1.54, 1.807) is 11.3 Å². The molecule has 0 bridgehead atoms. The molecule has 0 aromatic carbocycles. The Bertz CT molecular complexity index is 364. The standard InChI is InChI=1S/C11H15NO4S/c1-8(9-2-5-17-7-9)11(15)12-3-4-16-6-10(13)14/h2,5,7-8H,3-4,6H2,1H3,(H,12,15)(H,13,14). The normalized spacial score (nSPS) is 12.1. The Morgan fingerprint density at radius 1 is 1.59 bits per heavy atom. The van der Waals surface area contributed by atoms with Crippen molar-refractivity contribution in [3.05, 3.63) is 22.4 Å². The van der Waals surface area contributed by atoms with Gasteiger partial charge in [0.25, 0.3) is 0 Å². The molecule has 1 atom stereocenters. The molecule has 1 heterocycles. The van der Waals surface area contributed by atoms with Crippen LogP contribution in [-0.4, -0.2) is 36.7 Å². The molecule has 5 nitrogen and oxygen atoms in total. The summed E-state index contributed by atoms with van der Waals surface area (Å²) in [5, 5.41) is 14.9. The number of thiophene rings is 1. The third-order valence-electron chi connectivity index (χ3n) is 2.21. The minimum absolute atomic E-state index is 0.0812. The molecule has 1 unspecified atom stereocenters. The van der Waals surface area contributed by atoms with Crippen LogP contribution in [0.4, 0.5) is 0 Å². The third kappa shape index (κ3) is 4.97. The quantitative estimate of drug-likeness (QED) is 0.716. The first-order chi connectivity index (χ1) is 8.11. The molecule has 1 aromatic heterocycles. The predicted molar refractivity (Wildman–Crippen MR) is 64.2 cm³/mol. The van der Waals surface area contributed by atoms with E-state index in [0.717, 1.165) is 5.56 Å². The first kappa shape index (κ1) is 13.7. The van der Waals surface area contributed by atoms with Crippen molar-refractivity contribution in [3.63, 3.8) is 0 Å². The van der Waals surface area contributed by atoms with Crippen molar-refractivity contribution in [2.75, 3.05) is 19.8 Å². The highest BCUT2D eigenvalue weighted by atomic mass is 32.1. The zero-order valence-electron chi connectivity index (χ0n) is 9.51. The van der Waals surface area contributed by atoms with E-state index in [2.05, 4.69) is 5.32 Å². The number of ether oxygens (including phenoxy) is 1. The van der Waals surface area contributed by atoms with Gasteiger partial charge in [0.2, 0.25) is 5.91 Å². The van der Waals surface area contributed by atoms with E-state index in [1.807, 2.05) is 23.8 Å². The van der Waals surface area contributed by atoms with Gasteiger partial charge in [-0.05, 0) is 29.3 Å². The van der Waals surface area contributed by atoms with Gasteiger partial charge in [-0.25, -0.2) is 4.79 Å². The second kappa shape index (κ2) is 7.03. The summed E-state index contributed by atoms with van der Waals surface area (Å²) in [7, 11) is 0. The van der Waals surface area contributed by atoms with Gasteiger partial charge >= 0.3 is 5.97 Å². The van der Waals surface area contributed by atoms with Crippen molar-refractivity contribution >= 4 is 23.2 Å². The molecule has 0 aliphatic rings. The molecule has 2 N–H and O–H groups in total. The number of amides is 1. The zero-order chi connectivity index (χ0) is 12.7. The van der Waals surface area contributed by atoms with Crippen LogP contribution in [-0.2, 0) is 14.3 Å². The molecule has 1 aromatic rings. The molecule has 1 amide bonds. The van der Waals surface area contributed by atoms with Crippen LogP contribution in [0.25, 0.3) is 0 Å². The van der Waals surface area contributed by atoms with Gasteiger partial charge in [0.05, 0.1) is 12.5 Å². The van der Waals surface area contributed by atoms with Crippen molar-refractivity contribution in [1.82, 2.24) is 5.32 Å². The average molecular weight is 257 g/mol. The summed E-state index contributed by atoms with van der Waals surface area (Å²) in [5.41, 5.74) is 0.985. The van der Waals surface area contributed by atoms with Gasteiger partial charge in [0.1, 0.15) is 6.61 Å². The van der Waals surface area contributed by atoms with Crippen LogP contribution in [0.5, 0.6) is 0 Å². The van der Waals surface area contributed by atoms with Crippen LogP contribution >= 0.6 is 11.3 Å². The second-order valence-corrected chi connectivity index (χ2v) is 4.30. The van der Waals surface area contributed by atoms with Crippen LogP contribution < -0.4 is 5.32 Å². The Morgan fingerprint density at radius 3 is 2.94 bits per heavy atom. The van der Waals surface area contributed by atoms with Gasteiger partial charge in [-0.3, -0.25) is 4.79 Å². The van der Waals surface area contributed by atoms with Gasteiger partial charge < -0.3 is 15.2 Å². The van der Waals surface area contributed by atoms with E-state index in [-0.39, 0.29) is 25.0 Å². The molecule has 0 saturated carbocycles. The maximum atomic E-state index is 11.7.